The van der Waals surface area contributed by atoms with E-state index in [9.17, 15) is 4.79 Å². The number of nitrogens with zero attached hydrogens (tertiary/aromatic N) is 1. The van der Waals surface area contributed by atoms with Crippen molar-refractivity contribution in [1.29, 1.82) is 0 Å². The highest BCUT2D eigenvalue weighted by Gasteiger charge is 2.08. The highest BCUT2D eigenvalue weighted by atomic mass is 32.2. The summed E-state index contributed by atoms with van der Waals surface area (Å²) in [6, 6.07) is 14.0. The van der Waals surface area contributed by atoms with Gasteiger partial charge in [-0.3, -0.25) is 0 Å². The monoisotopic (exact) mass is 346 g/mol. The largest absolute Gasteiger partial charge is 0.497 e. The van der Waals surface area contributed by atoms with Gasteiger partial charge in [0.15, 0.2) is 0 Å². The van der Waals surface area contributed by atoms with Gasteiger partial charge in [-0.2, -0.15) is 0 Å². The Morgan fingerprint density at radius 2 is 2.04 bits per heavy atom. The zero-order chi connectivity index (χ0) is 16.2. The van der Waals surface area contributed by atoms with Crippen molar-refractivity contribution in [3.63, 3.8) is 0 Å². The van der Waals surface area contributed by atoms with Crippen LogP contribution in [0.5, 0.6) is 10.9 Å². The zero-order valence-electron chi connectivity index (χ0n) is 12.3. The van der Waals surface area contributed by atoms with Gasteiger partial charge in [0.2, 0.25) is 0 Å². The second-order valence-corrected chi connectivity index (χ2v) is 6.71. The second-order valence-electron chi connectivity index (χ2n) is 4.67. The standard InChI is InChI=1S/C16H14N2O3S2/c1-20-11-4-2-10(3-5-11)9-22-12-6-7-13-14(8-12)23-16(18-13)21-15(17)19/h2-8H,9H2,1H3,(H2,17,19). The number of thiazole rings is 1. The molecule has 3 rings (SSSR count). The molecular formula is C16H14N2O3S2. The molecule has 7 heteroatoms. The first-order valence-electron chi connectivity index (χ1n) is 6.77. The quantitative estimate of drug-likeness (QED) is 0.705. The number of hydrogen-bond donors (Lipinski definition) is 1. The van der Waals surface area contributed by atoms with Crippen LogP contribution in [0.1, 0.15) is 5.56 Å². The van der Waals surface area contributed by atoms with Gasteiger partial charge < -0.3 is 15.2 Å². The van der Waals surface area contributed by atoms with Gasteiger partial charge in [-0.25, -0.2) is 9.78 Å². The molecule has 0 unspecified atom stereocenters. The Kier molecular flexibility index (Phi) is 4.68. The number of aromatic nitrogens is 1. The summed E-state index contributed by atoms with van der Waals surface area (Å²) in [5.41, 5.74) is 7.01. The van der Waals surface area contributed by atoms with Crippen LogP contribution in [0.15, 0.2) is 47.4 Å². The summed E-state index contributed by atoms with van der Waals surface area (Å²) in [5.74, 6) is 1.71. The van der Waals surface area contributed by atoms with Crippen LogP contribution < -0.4 is 15.2 Å². The Bertz CT molecular complexity index is 831. The van der Waals surface area contributed by atoms with Crippen molar-refractivity contribution in [2.45, 2.75) is 10.6 Å². The molecule has 0 aliphatic heterocycles. The highest BCUT2D eigenvalue weighted by molar-refractivity contribution is 7.98. The molecule has 0 radical (unpaired) electrons. The average molecular weight is 346 g/mol. The molecule has 1 amide bonds. The lowest BCUT2D eigenvalue weighted by atomic mass is 10.2. The van der Waals surface area contributed by atoms with Crippen LogP contribution in [0.3, 0.4) is 0 Å². The molecule has 118 valence electrons. The number of methoxy groups -OCH3 is 1. The predicted molar refractivity (Wildman–Crippen MR) is 92.4 cm³/mol. The van der Waals surface area contributed by atoms with E-state index >= 15 is 0 Å². The Balaban J connectivity index is 1.70. The van der Waals surface area contributed by atoms with E-state index in [-0.39, 0.29) is 5.19 Å². The van der Waals surface area contributed by atoms with Gasteiger partial charge in [0.05, 0.1) is 17.3 Å². The fourth-order valence-corrected chi connectivity index (χ4v) is 3.82. The molecule has 0 spiro atoms. The molecule has 5 nitrogen and oxygen atoms in total. The first-order valence-corrected chi connectivity index (χ1v) is 8.58. The zero-order valence-corrected chi connectivity index (χ0v) is 13.9. The van der Waals surface area contributed by atoms with Crippen molar-refractivity contribution >= 4 is 39.4 Å². The number of ether oxygens (including phenoxy) is 2. The van der Waals surface area contributed by atoms with E-state index in [1.54, 1.807) is 18.9 Å². The van der Waals surface area contributed by atoms with Gasteiger partial charge in [0.1, 0.15) is 5.75 Å². The number of amides is 1. The lowest BCUT2D eigenvalue weighted by Gasteiger charge is -2.04. The third-order valence-corrected chi connectivity index (χ3v) is 5.05. The number of fused-ring (bicyclic) bond motifs is 1. The maximum absolute atomic E-state index is 10.8. The topological polar surface area (TPSA) is 74.4 Å². The van der Waals surface area contributed by atoms with Gasteiger partial charge in [-0.05, 0) is 35.9 Å². The Labute approximate surface area is 141 Å². The molecule has 3 aromatic rings. The lowest BCUT2D eigenvalue weighted by Crippen LogP contribution is -2.15. The van der Waals surface area contributed by atoms with Crippen LogP contribution in [0.2, 0.25) is 0 Å². The van der Waals surface area contributed by atoms with Crippen molar-refractivity contribution < 1.29 is 14.3 Å². The molecule has 0 saturated carbocycles. The molecule has 1 heterocycles. The van der Waals surface area contributed by atoms with E-state index in [1.165, 1.54) is 16.9 Å². The summed E-state index contributed by atoms with van der Waals surface area (Å²) in [5, 5.41) is 0.268. The van der Waals surface area contributed by atoms with Crippen molar-refractivity contribution in [2.24, 2.45) is 5.73 Å². The molecular weight excluding hydrogens is 332 g/mol. The van der Waals surface area contributed by atoms with Crippen LogP contribution in [-0.4, -0.2) is 18.2 Å². The predicted octanol–water partition coefficient (Wildman–Crippen LogP) is 4.05. The third kappa shape index (κ3) is 3.94. The molecule has 2 N–H and O–H groups in total. The van der Waals surface area contributed by atoms with Gasteiger partial charge in [0.25, 0.3) is 5.19 Å². The smallest absolute Gasteiger partial charge is 0.411 e. The molecule has 1 aromatic heterocycles. The van der Waals surface area contributed by atoms with E-state index in [2.05, 4.69) is 17.1 Å². The average Bonchev–Trinajstić information content (AvgIpc) is 2.94. The van der Waals surface area contributed by atoms with Gasteiger partial charge in [-0.1, -0.05) is 23.5 Å². The molecule has 0 fully saturated rings. The summed E-state index contributed by atoms with van der Waals surface area (Å²) in [7, 11) is 1.66. The molecule has 23 heavy (non-hydrogen) atoms. The first kappa shape index (κ1) is 15.6. The number of carbonyl (C=O) groups is 1. The molecule has 0 atom stereocenters. The van der Waals surface area contributed by atoms with Crippen LogP contribution >= 0.6 is 23.1 Å². The molecule has 0 aliphatic rings. The Morgan fingerprint density at radius 3 is 2.74 bits per heavy atom. The SMILES string of the molecule is COc1ccc(CSc2ccc3nc(OC(N)=O)sc3c2)cc1. The van der Waals surface area contributed by atoms with Crippen LogP contribution in [-0.2, 0) is 5.75 Å². The van der Waals surface area contributed by atoms with E-state index < -0.39 is 6.09 Å². The number of rotatable bonds is 5. The number of primary amides is 1. The van der Waals surface area contributed by atoms with Crippen LogP contribution in [0.4, 0.5) is 4.79 Å². The summed E-state index contributed by atoms with van der Waals surface area (Å²) in [6.07, 6.45) is -0.849. The number of carbonyl (C=O) groups excluding carboxylic acids is 1. The van der Waals surface area contributed by atoms with Gasteiger partial charge in [0, 0.05) is 10.6 Å². The fourth-order valence-electron chi connectivity index (χ4n) is 1.99. The molecule has 0 aliphatic carbocycles. The van der Waals surface area contributed by atoms with Crippen molar-refractivity contribution in [3.05, 3.63) is 48.0 Å². The fraction of sp³-hybridized carbons (Fsp3) is 0.125. The lowest BCUT2D eigenvalue weighted by molar-refractivity contribution is 0.211. The summed E-state index contributed by atoms with van der Waals surface area (Å²) < 4.78 is 10.9. The minimum Gasteiger partial charge on any atom is -0.497 e. The number of thioether (sulfide) groups is 1. The van der Waals surface area contributed by atoms with Crippen molar-refractivity contribution in [3.8, 4) is 10.9 Å². The minimum absolute atomic E-state index is 0.268. The van der Waals surface area contributed by atoms with Gasteiger partial charge >= 0.3 is 6.09 Å². The summed E-state index contributed by atoms with van der Waals surface area (Å²) in [4.78, 5) is 16.1. The normalized spacial score (nSPS) is 10.7. The number of benzene rings is 2. The molecule has 2 aromatic carbocycles. The third-order valence-electron chi connectivity index (χ3n) is 3.09. The van der Waals surface area contributed by atoms with E-state index in [0.717, 1.165) is 26.6 Å². The van der Waals surface area contributed by atoms with E-state index in [0.29, 0.717) is 0 Å². The Morgan fingerprint density at radius 1 is 1.26 bits per heavy atom. The maximum Gasteiger partial charge on any atom is 0.411 e. The van der Waals surface area contributed by atoms with Crippen LogP contribution in [0.25, 0.3) is 10.2 Å². The summed E-state index contributed by atoms with van der Waals surface area (Å²) >= 11 is 3.03. The number of hydrogen-bond acceptors (Lipinski definition) is 6. The number of nitrogens with two attached hydrogens (primary N) is 1. The van der Waals surface area contributed by atoms with Crippen LogP contribution in [0, 0.1) is 0 Å². The van der Waals surface area contributed by atoms with Gasteiger partial charge in [-0.15, -0.1) is 11.8 Å². The molecule has 0 saturated heterocycles. The van der Waals surface area contributed by atoms with E-state index in [4.69, 9.17) is 15.2 Å². The summed E-state index contributed by atoms with van der Waals surface area (Å²) in [6.45, 7) is 0. The Hall–Kier alpha value is -2.25. The highest BCUT2D eigenvalue weighted by Crippen LogP contribution is 2.32. The second kappa shape index (κ2) is 6.89. The molecule has 0 bridgehead atoms. The van der Waals surface area contributed by atoms with Crippen molar-refractivity contribution in [1.82, 2.24) is 4.98 Å². The first-order chi connectivity index (χ1) is 11.1. The minimum atomic E-state index is -0.849. The van der Waals surface area contributed by atoms with Crippen molar-refractivity contribution in [2.75, 3.05) is 7.11 Å². The maximum atomic E-state index is 10.8. The van der Waals surface area contributed by atoms with E-state index in [1.807, 2.05) is 30.3 Å².